The lowest BCUT2D eigenvalue weighted by molar-refractivity contribution is -0.138. The summed E-state index contributed by atoms with van der Waals surface area (Å²) in [6.07, 6.45) is 15.6. The molecule has 75 heavy (non-hydrogen) atoms. The van der Waals surface area contributed by atoms with E-state index in [4.69, 9.17) is 26.0 Å². The lowest BCUT2D eigenvalue weighted by Crippen LogP contribution is -1.94. The molecule has 0 saturated carbocycles. The van der Waals surface area contributed by atoms with Crippen molar-refractivity contribution in [1.29, 1.82) is 15.8 Å². The van der Waals surface area contributed by atoms with Crippen molar-refractivity contribution in [2.45, 2.75) is 145 Å². The number of benzene rings is 6. The summed E-state index contributed by atoms with van der Waals surface area (Å²) in [6.45, 7) is 0. The summed E-state index contributed by atoms with van der Waals surface area (Å²) >= 11 is 6.85. The number of hydrogen-bond acceptors (Lipinski definition) is 10. The van der Waals surface area contributed by atoms with Crippen molar-refractivity contribution in [2.75, 3.05) is 0 Å². The normalized spacial score (nSPS) is 10.0. The summed E-state index contributed by atoms with van der Waals surface area (Å²) in [6, 6.07) is 52.8. The standard InChI is InChI=1S/C37H34N2O2S2.C13H9NS.C11H20O4.2CH4/c38-26-28-10-14-30(15-11-28)32-18-22-34(23-19-32)42-36(40)8-6-4-2-1-3-5-7-9-37(41)43-35-24-20-33(21-25-35)31-16-12-29(27-39)13-17-31;14-9-10-1-3-11(4-2-10)12-5-7-13(15)8-6-12;12-10(13)8-6-4-2-1-3-5-7-9-11(14)15;;/h10-25H,1-9H2;1-8,15H;1-9H2,(H,12,13)(H,14,15);2*1H4. The molecular formula is C63H71N3O6S3. The average Bonchev–Trinajstić information content (AvgIpc) is 3.41. The molecule has 6 rings (SSSR count). The molecule has 2 N–H and O–H groups in total. The Bertz CT molecular complexity index is 2600. The second-order valence-electron chi connectivity index (χ2n) is 17.3. The van der Waals surface area contributed by atoms with Crippen molar-refractivity contribution in [1.82, 2.24) is 0 Å². The van der Waals surface area contributed by atoms with E-state index in [0.29, 0.717) is 29.5 Å². The maximum absolute atomic E-state index is 12.4. The van der Waals surface area contributed by atoms with Crippen LogP contribution in [0, 0.1) is 34.0 Å². The van der Waals surface area contributed by atoms with Gasteiger partial charge in [0.2, 0.25) is 0 Å². The predicted molar refractivity (Wildman–Crippen MR) is 311 cm³/mol. The first kappa shape index (κ1) is 64.2. The highest BCUT2D eigenvalue weighted by atomic mass is 32.2. The van der Waals surface area contributed by atoms with Crippen LogP contribution in [0.4, 0.5) is 0 Å². The lowest BCUT2D eigenvalue weighted by atomic mass is 10.0. The second kappa shape index (κ2) is 37.8. The van der Waals surface area contributed by atoms with E-state index in [-0.39, 0.29) is 37.9 Å². The van der Waals surface area contributed by atoms with E-state index >= 15 is 0 Å². The van der Waals surface area contributed by atoms with Crippen LogP contribution in [0.5, 0.6) is 0 Å². The number of carbonyl (C=O) groups excluding carboxylic acids is 2. The molecular weight excluding hydrogens is 991 g/mol. The van der Waals surface area contributed by atoms with Crippen LogP contribution < -0.4 is 0 Å². The molecule has 0 aromatic heterocycles. The van der Waals surface area contributed by atoms with E-state index in [9.17, 15) is 19.2 Å². The Labute approximate surface area is 459 Å². The largest absolute Gasteiger partial charge is 0.481 e. The lowest BCUT2D eigenvalue weighted by Gasteiger charge is -2.05. The predicted octanol–water partition coefficient (Wildman–Crippen LogP) is 17.7. The van der Waals surface area contributed by atoms with Crippen molar-refractivity contribution < 1.29 is 29.4 Å². The number of nitriles is 3. The Morgan fingerprint density at radius 3 is 0.800 bits per heavy atom. The number of hydrogen-bond donors (Lipinski definition) is 3. The van der Waals surface area contributed by atoms with Crippen LogP contribution in [0.1, 0.15) is 147 Å². The van der Waals surface area contributed by atoms with E-state index < -0.39 is 11.9 Å². The van der Waals surface area contributed by atoms with Crippen LogP contribution in [0.3, 0.4) is 0 Å². The van der Waals surface area contributed by atoms with Crippen molar-refractivity contribution in [3.05, 3.63) is 162 Å². The molecule has 392 valence electrons. The van der Waals surface area contributed by atoms with E-state index in [1.165, 1.54) is 23.5 Å². The van der Waals surface area contributed by atoms with Gasteiger partial charge in [-0.2, -0.15) is 15.8 Å². The third-order valence-corrected chi connectivity index (χ3v) is 13.8. The van der Waals surface area contributed by atoms with Gasteiger partial charge in [-0.05, 0) is 132 Å². The first-order valence-electron chi connectivity index (χ1n) is 24.8. The highest BCUT2D eigenvalue weighted by molar-refractivity contribution is 8.13. The van der Waals surface area contributed by atoms with Gasteiger partial charge in [0.25, 0.3) is 0 Å². The highest BCUT2D eigenvalue weighted by Gasteiger charge is 2.09. The van der Waals surface area contributed by atoms with E-state index in [1.54, 1.807) is 0 Å². The summed E-state index contributed by atoms with van der Waals surface area (Å²) in [5.41, 5.74) is 8.46. The molecule has 0 bridgehead atoms. The van der Waals surface area contributed by atoms with E-state index in [0.717, 1.165) is 138 Å². The van der Waals surface area contributed by atoms with Gasteiger partial charge >= 0.3 is 11.9 Å². The van der Waals surface area contributed by atoms with Gasteiger partial charge in [0.05, 0.1) is 34.9 Å². The Balaban J connectivity index is 0.000000491. The smallest absolute Gasteiger partial charge is 0.303 e. The number of rotatable bonds is 25. The van der Waals surface area contributed by atoms with Gasteiger partial charge in [-0.3, -0.25) is 19.2 Å². The molecule has 0 heterocycles. The third kappa shape index (κ3) is 26.8. The number of carboxylic acid groups (broad SMARTS) is 2. The molecule has 12 heteroatoms. The van der Waals surface area contributed by atoms with Crippen LogP contribution in [-0.4, -0.2) is 32.4 Å². The molecule has 0 spiro atoms. The van der Waals surface area contributed by atoms with Gasteiger partial charge in [0.15, 0.2) is 10.2 Å². The Hall–Kier alpha value is -6.88. The average molecular weight is 1060 g/mol. The number of thiol groups is 1. The van der Waals surface area contributed by atoms with Gasteiger partial charge in [-0.15, -0.1) is 12.6 Å². The summed E-state index contributed by atoms with van der Waals surface area (Å²) in [5.74, 6) is -1.45. The minimum Gasteiger partial charge on any atom is -0.481 e. The molecule has 0 fully saturated rings. The molecule has 0 saturated heterocycles. The van der Waals surface area contributed by atoms with Gasteiger partial charge < -0.3 is 10.2 Å². The molecule has 0 amide bonds. The fourth-order valence-electron chi connectivity index (χ4n) is 7.52. The van der Waals surface area contributed by atoms with Gasteiger partial charge in [0, 0.05) is 40.4 Å². The molecule has 0 aliphatic rings. The maximum Gasteiger partial charge on any atom is 0.303 e. The van der Waals surface area contributed by atoms with E-state index in [1.807, 2.05) is 146 Å². The zero-order chi connectivity index (χ0) is 52.5. The number of nitrogens with zero attached hydrogens (tertiary/aromatic N) is 3. The molecule has 0 unspecified atom stereocenters. The number of aliphatic carboxylic acids is 2. The second-order valence-corrected chi connectivity index (χ2v) is 20.1. The van der Waals surface area contributed by atoms with Crippen LogP contribution in [-0.2, 0) is 19.2 Å². The Kier molecular flexibility index (Phi) is 32.4. The van der Waals surface area contributed by atoms with Gasteiger partial charge in [0.1, 0.15) is 0 Å². The molecule has 0 aliphatic heterocycles. The first-order chi connectivity index (χ1) is 35.5. The fourth-order valence-corrected chi connectivity index (χ4v) is 9.23. The monoisotopic (exact) mass is 1060 g/mol. The third-order valence-electron chi connectivity index (χ3n) is 11.6. The fraction of sp³-hybridized carbons (Fsp3) is 0.317. The van der Waals surface area contributed by atoms with Crippen LogP contribution in [0.2, 0.25) is 0 Å². The number of carboxylic acids is 2. The molecule has 9 nitrogen and oxygen atoms in total. The number of carbonyl (C=O) groups is 4. The van der Waals surface area contributed by atoms with Gasteiger partial charge in [-0.1, -0.05) is 175 Å². The quantitative estimate of drug-likeness (QED) is 0.0282. The van der Waals surface area contributed by atoms with Crippen molar-refractivity contribution >= 4 is 58.3 Å². The number of unbranched alkanes of at least 4 members (excludes halogenated alkanes) is 12. The highest BCUT2D eigenvalue weighted by Crippen LogP contribution is 2.29. The van der Waals surface area contributed by atoms with E-state index in [2.05, 4.69) is 30.8 Å². The molecule has 0 atom stereocenters. The SMILES string of the molecule is C.C.N#Cc1ccc(-c2ccc(S)cc2)cc1.N#Cc1ccc(-c2ccc(SC(=O)CCCCCCCCCC(=O)Sc3ccc(-c4ccc(C#N)cc4)cc3)cc2)cc1.O=C(O)CCCCCCCCCC(=O)O. The van der Waals surface area contributed by atoms with Gasteiger partial charge in [-0.25, -0.2) is 0 Å². The number of thioether (sulfide) groups is 2. The van der Waals surface area contributed by atoms with Crippen molar-refractivity contribution in [2.24, 2.45) is 0 Å². The van der Waals surface area contributed by atoms with Crippen molar-refractivity contribution in [3.8, 4) is 51.6 Å². The molecule has 6 aromatic rings. The molecule has 6 aromatic carbocycles. The van der Waals surface area contributed by atoms with Crippen LogP contribution in [0.25, 0.3) is 33.4 Å². The maximum atomic E-state index is 12.4. The summed E-state index contributed by atoms with van der Waals surface area (Å²) in [7, 11) is 0. The topological polar surface area (TPSA) is 180 Å². The summed E-state index contributed by atoms with van der Waals surface area (Å²) < 4.78 is 0. The molecule has 0 radical (unpaired) electrons. The summed E-state index contributed by atoms with van der Waals surface area (Å²) in [4.78, 5) is 48.0. The zero-order valence-electron chi connectivity index (χ0n) is 41.2. The van der Waals surface area contributed by atoms with Crippen LogP contribution >= 0.6 is 36.2 Å². The molecule has 0 aliphatic carbocycles. The Morgan fingerprint density at radius 2 is 0.560 bits per heavy atom. The Morgan fingerprint density at radius 1 is 0.347 bits per heavy atom. The summed E-state index contributed by atoms with van der Waals surface area (Å²) in [5, 5.41) is 43.7. The zero-order valence-corrected chi connectivity index (χ0v) is 43.7. The first-order valence-corrected chi connectivity index (χ1v) is 26.9. The van der Waals surface area contributed by atoms with Crippen LogP contribution in [0.15, 0.2) is 160 Å². The minimum atomic E-state index is -0.726. The minimum absolute atomic E-state index is 0. The van der Waals surface area contributed by atoms with Crippen molar-refractivity contribution in [3.63, 3.8) is 0 Å².